The molecule has 6 heteroatoms. The summed E-state index contributed by atoms with van der Waals surface area (Å²) in [6.45, 7) is 0. The van der Waals surface area contributed by atoms with Gasteiger partial charge in [-0.25, -0.2) is 0 Å². The molecular formula is C12H7F3N2S. The van der Waals surface area contributed by atoms with Crippen molar-refractivity contribution in [2.75, 3.05) is 0 Å². The summed E-state index contributed by atoms with van der Waals surface area (Å²) >= 11 is 0.709. The molecule has 0 saturated heterocycles. The first-order valence-electron chi connectivity index (χ1n) is 5.13. The molecule has 0 aliphatic rings. The summed E-state index contributed by atoms with van der Waals surface area (Å²) < 4.78 is 38.6. The third-order valence-corrected chi connectivity index (χ3v) is 3.66. The molecule has 0 spiro atoms. The summed E-state index contributed by atoms with van der Waals surface area (Å²) in [5, 5.41) is 2.20. The van der Waals surface area contributed by atoms with E-state index in [2.05, 4.69) is 9.97 Å². The highest BCUT2D eigenvalue weighted by Crippen LogP contribution is 2.42. The smallest absolute Gasteiger partial charge is 0.359 e. The number of aromatic nitrogens is 2. The highest BCUT2D eigenvalue weighted by atomic mass is 32.1. The van der Waals surface area contributed by atoms with Crippen LogP contribution in [-0.4, -0.2) is 9.97 Å². The predicted molar refractivity (Wildman–Crippen MR) is 64.4 cm³/mol. The molecule has 92 valence electrons. The molecule has 0 bridgehead atoms. The maximum absolute atomic E-state index is 12.9. The van der Waals surface area contributed by atoms with E-state index in [1.165, 1.54) is 11.4 Å². The van der Waals surface area contributed by atoms with Gasteiger partial charge in [-0.1, -0.05) is 0 Å². The number of hydrogen-bond acceptors (Lipinski definition) is 2. The van der Waals surface area contributed by atoms with Crippen molar-refractivity contribution in [2.24, 2.45) is 0 Å². The van der Waals surface area contributed by atoms with Gasteiger partial charge in [0.2, 0.25) is 0 Å². The van der Waals surface area contributed by atoms with Crippen LogP contribution >= 0.6 is 11.3 Å². The van der Waals surface area contributed by atoms with E-state index in [4.69, 9.17) is 0 Å². The fourth-order valence-electron chi connectivity index (χ4n) is 1.94. The van der Waals surface area contributed by atoms with Crippen LogP contribution in [0.15, 0.2) is 36.1 Å². The van der Waals surface area contributed by atoms with Crippen molar-refractivity contribution in [3.05, 3.63) is 41.0 Å². The van der Waals surface area contributed by atoms with Crippen LogP contribution < -0.4 is 0 Å². The minimum absolute atomic E-state index is 0.213. The number of pyridine rings is 1. The van der Waals surface area contributed by atoms with Crippen LogP contribution in [0, 0.1) is 0 Å². The van der Waals surface area contributed by atoms with E-state index in [9.17, 15) is 13.2 Å². The third kappa shape index (κ3) is 1.69. The maximum atomic E-state index is 12.9. The molecule has 0 amide bonds. The zero-order chi connectivity index (χ0) is 12.8. The third-order valence-electron chi connectivity index (χ3n) is 2.70. The number of fused-ring (bicyclic) bond motifs is 1. The Bertz CT molecular complexity index is 696. The average molecular weight is 268 g/mol. The van der Waals surface area contributed by atoms with Crippen molar-refractivity contribution >= 4 is 22.2 Å². The van der Waals surface area contributed by atoms with Gasteiger partial charge in [-0.15, -0.1) is 11.3 Å². The Kier molecular flexibility index (Phi) is 2.41. The number of aromatic amines is 1. The first-order chi connectivity index (χ1) is 8.57. The van der Waals surface area contributed by atoms with Crippen LogP contribution in [0.4, 0.5) is 13.2 Å². The Labute approximate surface area is 104 Å². The van der Waals surface area contributed by atoms with Crippen molar-refractivity contribution in [3.8, 4) is 11.1 Å². The zero-order valence-electron chi connectivity index (χ0n) is 8.95. The van der Waals surface area contributed by atoms with Gasteiger partial charge in [0.05, 0.1) is 11.7 Å². The molecule has 0 fully saturated rings. The Morgan fingerprint density at radius 1 is 1.17 bits per heavy atom. The van der Waals surface area contributed by atoms with Crippen LogP contribution in [0.25, 0.3) is 22.0 Å². The van der Waals surface area contributed by atoms with E-state index in [-0.39, 0.29) is 5.56 Å². The summed E-state index contributed by atoms with van der Waals surface area (Å²) in [6.07, 6.45) is 0.432. The van der Waals surface area contributed by atoms with E-state index >= 15 is 0 Å². The first kappa shape index (κ1) is 11.3. The fraction of sp³-hybridized carbons (Fsp3) is 0.0833. The monoisotopic (exact) mass is 268 g/mol. The molecule has 0 radical (unpaired) electrons. The van der Waals surface area contributed by atoms with Crippen LogP contribution in [0.1, 0.15) is 4.88 Å². The van der Waals surface area contributed by atoms with Crippen molar-refractivity contribution in [3.63, 3.8) is 0 Å². The van der Waals surface area contributed by atoms with E-state index < -0.39 is 11.1 Å². The summed E-state index contributed by atoms with van der Waals surface area (Å²) in [4.78, 5) is 6.29. The summed E-state index contributed by atoms with van der Waals surface area (Å²) in [7, 11) is 0. The van der Waals surface area contributed by atoms with Gasteiger partial charge in [-0.05, 0) is 17.5 Å². The number of hydrogen-bond donors (Lipinski definition) is 1. The number of H-pyrrole nitrogens is 1. The molecule has 0 atom stereocenters. The molecule has 18 heavy (non-hydrogen) atoms. The quantitative estimate of drug-likeness (QED) is 0.700. The minimum Gasteiger partial charge on any atom is -0.359 e. The molecule has 3 aromatic heterocycles. The van der Waals surface area contributed by atoms with Crippen LogP contribution in [-0.2, 0) is 6.18 Å². The standard InChI is InChI=1S/C12H7F3N2S/c13-12(14,15)11-8(2-4-18-11)9-5-17-10-6-16-3-1-7(9)10/h1-6,17H. The Morgan fingerprint density at radius 2 is 2.00 bits per heavy atom. The number of rotatable bonds is 1. The van der Waals surface area contributed by atoms with Crippen molar-refractivity contribution in [1.82, 2.24) is 9.97 Å². The lowest BCUT2D eigenvalue weighted by atomic mass is 10.1. The van der Waals surface area contributed by atoms with Crippen molar-refractivity contribution in [2.45, 2.75) is 6.18 Å². The van der Waals surface area contributed by atoms with Crippen LogP contribution in [0.2, 0.25) is 0 Å². The molecule has 1 N–H and O–H groups in total. The lowest BCUT2D eigenvalue weighted by Gasteiger charge is -2.06. The number of nitrogens with zero attached hydrogens (tertiary/aromatic N) is 1. The topological polar surface area (TPSA) is 28.7 Å². The second-order valence-electron chi connectivity index (χ2n) is 3.78. The van der Waals surface area contributed by atoms with Gasteiger partial charge in [0, 0.05) is 28.9 Å². The number of halogens is 3. The normalized spacial score (nSPS) is 12.2. The van der Waals surface area contributed by atoms with E-state index in [0.29, 0.717) is 16.9 Å². The summed E-state index contributed by atoms with van der Waals surface area (Å²) in [5.74, 6) is 0. The molecule has 2 nitrogen and oxygen atoms in total. The average Bonchev–Trinajstić information content (AvgIpc) is 2.93. The van der Waals surface area contributed by atoms with E-state index in [0.717, 1.165) is 10.9 Å². The molecule has 3 aromatic rings. The highest BCUT2D eigenvalue weighted by molar-refractivity contribution is 7.10. The molecule has 0 aliphatic carbocycles. The Hall–Kier alpha value is -1.82. The minimum atomic E-state index is -4.32. The zero-order valence-corrected chi connectivity index (χ0v) is 9.77. The number of nitrogens with one attached hydrogen (secondary N) is 1. The van der Waals surface area contributed by atoms with Gasteiger partial charge in [-0.2, -0.15) is 13.2 Å². The first-order valence-corrected chi connectivity index (χ1v) is 6.01. The van der Waals surface area contributed by atoms with Gasteiger partial charge in [0.1, 0.15) is 4.88 Å². The van der Waals surface area contributed by atoms with Crippen molar-refractivity contribution in [1.29, 1.82) is 0 Å². The molecule has 3 rings (SSSR count). The molecule has 0 aliphatic heterocycles. The number of thiophene rings is 1. The predicted octanol–water partition coefficient (Wildman–Crippen LogP) is 4.31. The maximum Gasteiger partial charge on any atom is 0.426 e. The SMILES string of the molecule is FC(F)(F)c1sccc1-c1c[nH]c2cnccc12. The second-order valence-corrected chi connectivity index (χ2v) is 4.70. The summed E-state index contributed by atoms with van der Waals surface area (Å²) in [5.41, 5.74) is 1.50. The lowest BCUT2D eigenvalue weighted by Crippen LogP contribution is -2.03. The second kappa shape index (κ2) is 3.84. The van der Waals surface area contributed by atoms with Gasteiger partial charge in [-0.3, -0.25) is 4.98 Å². The van der Waals surface area contributed by atoms with Crippen LogP contribution in [0.5, 0.6) is 0 Å². The van der Waals surface area contributed by atoms with E-state index in [1.54, 1.807) is 24.7 Å². The summed E-state index contributed by atoms with van der Waals surface area (Å²) in [6, 6.07) is 3.20. The highest BCUT2D eigenvalue weighted by Gasteiger charge is 2.35. The van der Waals surface area contributed by atoms with E-state index in [1.807, 2.05) is 0 Å². The van der Waals surface area contributed by atoms with Crippen LogP contribution in [0.3, 0.4) is 0 Å². The van der Waals surface area contributed by atoms with Gasteiger partial charge in [0.15, 0.2) is 0 Å². The van der Waals surface area contributed by atoms with Crippen molar-refractivity contribution < 1.29 is 13.2 Å². The van der Waals surface area contributed by atoms with Gasteiger partial charge < -0.3 is 4.98 Å². The number of alkyl halides is 3. The van der Waals surface area contributed by atoms with Gasteiger partial charge in [0.25, 0.3) is 0 Å². The molecule has 0 saturated carbocycles. The Balaban J connectivity index is 2.25. The Morgan fingerprint density at radius 3 is 2.78 bits per heavy atom. The lowest BCUT2D eigenvalue weighted by molar-refractivity contribution is -0.133. The van der Waals surface area contributed by atoms with Gasteiger partial charge >= 0.3 is 6.18 Å². The largest absolute Gasteiger partial charge is 0.426 e. The molecule has 3 heterocycles. The fourth-order valence-corrected chi connectivity index (χ4v) is 2.71. The molecule has 0 aromatic carbocycles. The molecule has 0 unspecified atom stereocenters. The molecular weight excluding hydrogens is 261 g/mol.